The molecule has 1 N–H and O–H groups in total. The van der Waals surface area contributed by atoms with E-state index in [4.69, 9.17) is 0 Å². The molecule has 0 aliphatic heterocycles. The van der Waals surface area contributed by atoms with Crippen LogP contribution in [0.25, 0.3) is 0 Å². The smallest absolute Gasteiger partial charge is 0.244 e. The van der Waals surface area contributed by atoms with E-state index < -0.39 is 34.3 Å². The van der Waals surface area contributed by atoms with Crippen molar-refractivity contribution >= 4 is 27.5 Å². The Hall–Kier alpha value is -2.94. The lowest BCUT2D eigenvalue weighted by Gasteiger charge is -2.32. The van der Waals surface area contributed by atoms with Gasteiger partial charge < -0.3 is 10.2 Å². The topological polar surface area (TPSA) is 86.8 Å². The van der Waals surface area contributed by atoms with Crippen molar-refractivity contribution in [3.63, 3.8) is 0 Å². The highest BCUT2D eigenvalue weighted by atomic mass is 32.2. The van der Waals surface area contributed by atoms with Gasteiger partial charge in [0.25, 0.3) is 0 Å². The average molecular weight is 504 g/mol. The van der Waals surface area contributed by atoms with E-state index in [0.29, 0.717) is 5.69 Å². The van der Waals surface area contributed by atoms with Gasteiger partial charge in [0.1, 0.15) is 18.4 Å². The largest absolute Gasteiger partial charge is 0.352 e. The molecule has 7 nitrogen and oxygen atoms in total. The minimum absolute atomic E-state index is 0.0535. The van der Waals surface area contributed by atoms with Crippen molar-refractivity contribution in [1.29, 1.82) is 0 Å². The van der Waals surface area contributed by atoms with Crippen molar-refractivity contribution in [2.45, 2.75) is 65.1 Å². The van der Waals surface area contributed by atoms with Crippen LogP contribution in [0.5, 0.6) is 0 Å². The third kappa shape index (κ3) is 6.60. The second-order valence-corrected chi connectivity index (χ2v) is 11.2. The minimum Gasteiger partial charge on any atom is -0.352 e. The number of aryl methyl sites for hydroxylation is 1. The lowest BCUT2D eigenvalue weighted by atomic mass is 10.1. The summed E-state index contributed by atoms with van der Waals surface area (Å²) in [7, 11) is -3.82. The number of anilines is 1. The molecule has 9 heteroatoms. The number of amides is 2. The zero-order chi connectivity index (χ0) is 25.8. The molecule has 3 rings (SSSR count). The van der Waals surface area contributed by atoms with E-state index in [0.717, 1.165) is 47.4 Å². The van der Waals surface area contributed by atoms with Crippen LogP contribution < -0.4 is 9.62 Å². The van der Waals surface area contributed by atoms with Crippen LogP contribution in [-0.2, 0) is 26.2 Å². The molecule has 1 aliphatic carbocycles. The van der Waals surface area contributed by atoms with Crippen LogP contribution in [0.15, 0.2) is 42.5 Å². The van der Waals surface area contributed by atoms with Gasteiger partial charge in [0.15, 0.2) is 0 Å². The van der Waals surface area contributed by atoms with E-state index in [9.17, 15) is 22.4 Å². The molecule has 0 aromatic heterocycles. The molecule has 1 aliphatic rings. The molecule has 190 valence electrons. The van der Waals surface area contributed by atoms with Gasteiger partial charge in [-0.25, -0.2) is 12.8 Å². The monoisotopic (exact) mass is 503 g/mol. The van der Waals surface area contributed by atoms with Crippen molar-refractivity contribution in [3.8, 4) is 0 Å². The van der Waals surface area contributed by atoms with Gasteiger partial charge in [-0.15, -0.1) is 0 Å². The number of carbonyl (C=O) groups is 2. The minimum atomic E-state index is -3.82. The molecule has 2 amide bonds. The number of benzene rings is 2. The highest BCUT2D eigenvalue weighted by molar-refractivity contribution is 7.92. The van der Waals surface area contributed by atoms with Gasteiger partial charge in [0.05, 0.1) is 11.9 Å². The van der Waals surface area contributed by atoms with Gasteiger partial charge in [-0.05, 0) is 56.9 Å². The van der Waals surface area contributed by atoms with E-state index in [1.807, 2.05) is 13.0 Å². The molecule has 1 saturated carbocycles. The Morgan fingerprint density at radius 1 is 1.09 bits per heavy atom. The van der Waals surface area contributed by atoms with E-state index in [-0.39, 0.29) is 24.1 Å². The highest BCUT2D eigenvalue weighted by Gasteiger charge is 2.32. The summed E-state index contributed by atoms with van der Waals surface area (Å²) in [4.78, 5) is 27.9. The molecular weight excluding hydrogens is 469 g/mol. The molecule has 2 aromatic rings. The third-order valence-corrected chi connectivity index (χ3v) is 7.82. The van der Waals surface area contributed by atoms with Gasteiger partial charge in [-0.2, -0.15) is 0 Å². The van der Waals surface area contributed by atoms with E-state index >= 15 is 0 Å². The van der Waals surface area contributed by atoms with Crippen LogP contribution in [0.1, 0.15) is 49.3 Å². The van der Waals surface area contributed by atoms with Crippen molar-refractivity contribution in [2.24, 2.45) is 0 Å². The molecule has 35 heavy (non-hydrogen) atoms. The maximum atomic E-state index is 14.5. The second kappa shape index (κ2) is 11.2. The molecular formula is C26H34FN3O4S. The van der Waals surface area contributed by atoms with Crippen LogP contribution in [0.4, 0.5) is 10.1 Å². The molecule has 0 heterocycles. The molecule has 0 radical (unpaired) electrons. The molecule has 0 spiro atoms. The summed E-state index contributed by atoms with van der Waals surface area (Å²) in [5.74, 6) is -1.42. The number of hydrogen-bond acceptors (Lipinski definition) is 4. The first-order valence-corrected chi connectivity index (χ1v) is 13.7. The number of halogens is 1. The standard InChI is InChI=1S/C26H34FN3O4S/c1-18-10-9-15-24(19(18)2)30(35(4,33)34)17-25(31)29(16-21-11-5-8-14-23(21)27)20(3)26(32)28-22-12-6-7-13-22/h5,8-11,14-15,20,22H,6-7,12-13,16-17H2,1-4H3,(H,28,32)/t20-/m0/s1. The Bertz CT molecular complexity index is 1180. The molecule has 0 bridgehead atoms. The van der Waals surface area contributed by atoms with E-state index in [2.05, 4.69) is 5.32 Å². The fraction of sp³-hybridized carbons (Fsp3) is 0.462. The predicted molar refractivity (Wildman–Crippen MR) is 135 cm³/mol. The molecule has 1 atom stereocenters. The fourth-order valence-electron chi connectivity index (χ4n) is 4.39. The molecule has 1 fully saturated rings. The van der Waals surface area contributed by atoms with Crippen LogP contribution >= 0.6 is 0 Å². The Labute approximate surface area is 207 Å². The number of nitrogens with zero attached hydrogens (tertiary/aromatic N) is 2. The summed E-state index contributed by atoms with van der Waals surface area (Å²) in [6.07, 6.45) is 4.88. The van der Waals surface area contributed by atoms with Crippen molar-refractivity contribution in [3.05, 3.63) is 65.0 Å². The predicted octanol–water partition coefficient (Wildman–Crippen LogP) is 3.68. The zero-order valence-electron chi connectivity index (χ0n) is 20.8. The summed E-state index contributed by atoms with van der Waals surface area (Å²) >= 11 is 0. The maximum absolute atomic E-state index is 14.5. The Kier molecular flexibility index (Phi) is 8.53. The van der Waals surface area contributed by atoms with Gasteiger partial charge in [-0.1, -0.05) is 43.2 Å². The molecule has 0 saturated heterocycles. The van der Waals surface area contributed by atoms with Crippen LogP contribution in [0.2, 0.25) is 0 Å². The van der Waals surface area contributed by atoms with Gasteiger partial charge in [-0.3, -0.25) is 13.9 Å². The van der Waals surface area contributed by atoms with Crippen LogP contribution in [-0.4, -0.2) is 50.0 Å². The van der Waals surface area contributed by atoms with Crippen molar-refractivity contribution < 1.29 is 22.4 Å². The van der Waals surface area contributed by atoms with Crippen molar-refractivity contribution in [1.82, 2.24) is 10.2 Å². The molecule has 2 aromatic carbocycles. The number of rotatable bonds is 9. The highest BCUT2D eigenvalue weighted by Crippen LogP contribution is 2.26. The Balaban J connectivity index is 1.92. The van der Waals surface area contributed by atoms with Gasteiger partial charge in [0.2, 0.25) is 21.8 Å². The first-order chi connectivity index (χ1) is 16.5. The summed E-state index contributed by atoms with van der Waals surface area (Å²) in [5.41, 5.74) is 2.27. The van der Waals surface area contributed by atoms with E-state index in [1.54, 1.807) is 44.2 Å². The fourth-order valence-corrected chi connectivity index (χ4v) is 5.29. The Morgan fingerprint density at radius 3 is 2.37 bits per heavy atom. The molecule has 0 unspecified atom stereocenters. The third-order valence-electron chi connectivity index (χ3n) is 6.69. The number of hydrogen-bond donors (Lipinski definition) is 1. The lowest BCUT2D eigenvalue weighted by molar-refractivity contribution is -0.139. The Morgan fingerprint density at radius 2 is 1.74 bits per heavy atom. The second-order valence-electron chi connectivity index (χ2n) is 9.27. The van der Waals surface area contributed by atoms with Crippen molar-refractivity contribution in [2.75, 3.05) is 17.1 Å². The van der Waals surface area contributed by atoms with Crippen LogP contribution in [0, 0.1) is 19.7 Å². The quantitative estimate of drug-likeness (QED) is 0.566. The van der Waals surface area contributed by atoms with Gasteiger partial charge >= 0.3 is 0 Å². The summed E-state index contributed by atoms with van der Waals surface area (Å²) < 4.78 is 41.0. The summed E-state index contributed by atoms with van der Waals surface area (Å²) in [6.45, 7) is 4.59. The summed E-state index contributed by atoms with van der Waals surface area (Å²) in [6, 6.07) is 10.4. The first kappa shape index (κ1) is 26.7. The first-order valence-electron chi connectivity index (χ1n) is 11.9. The maximum Gasteiger partial charge on any atom is 0.244 e. The van der Waals surface area contributed by atoms with Crippen LogP contribution in [0.3, 0.4) is 0 Å². The summed E-state index contributed by atoms with van der Waals surface area (Å²) in [5, 5.41) is 2.99. The average Bonchev–Trinajstić information content (AvgIpc) is 3.30. The normalized spacial score (nSPS) is 15.0. The lowest BCUT2D eigenvalue weighted by Crippen LogP contribution is -2.52. The number of sulfonamides is 1. The van der Waals surface area contributed by atoms with E-state index in [1.165, 1.54) is 11.0 Å². The SMILES string of the molecule is Cc1cccc(N(CC(=O)N(Cc2ccccc2F)[C@@H](C)C(=O)NC2CCCC2)S(C)(=O)=O)c1C. The van der Waals surface area contributed by atoms with Gasteiger partial charge in [0, 0.05) is 18.2 Å². The number of nitrogens with one attached hydrogen (secondary N) is 1. The number of carbonyl (C=O) groups excluding carboxylic acids is 2. The zero-order valence-corrected chi connectivity index (χ0v) is 21.6.